The molecule has 2 aromatic heterocycles. The van der Waals surface area contributed by atoms with Crippen LogP contribution < -0.4 is 4.90 Å². The Kier molecular flexibility index (Phi) is 4.33. The first-order valence-corrected chi connectivity index (χ1v) is 6.93. The molecular weight excluding hydrogens is 244 g/mol. The third kappa shape index (κ3) is 3.09. The van der Waals surface area contributed by atoms with E-state index >= 15 is 0 Å². The number of aromatic nitrogens is 1. The average molecular weight is 262 g/mol. The number of pyridine rings is 1. The predicted molar refractivity (Wildman–Crippen MR) is 76.2 cm³/mol. The monoisotopic (exact) mass is 262 g/mol. The summed E-state index contributed by atoms with van der Waals surface area (Å²) in [5.74, 6) is 0.865. The van der Waals surface area contributed by atoms with Crippen LogP contribution in [0.3, 0.4) is 0 Å². The molecule has 0 spiro atoms. The molecule has 18 heavy (non-hydrogen) atoms. The van der Waals surface area contributed by atoms with Gasteiger partial charge >= 0.3 is 0 Å². The van der Waals surface area contributed by atoms with Crippen molar-refractivity contribution in [2.75, 3.05) is 18.5 Å². The number of aliphatic hydroxyl groups excluding tert-OH is 1. The van der Waals surface area contributed by atoms with Crippen LogP contribution in [0.2, 0.25) is 0 Å². The zero-order chi connectivity index (χ0) is 13.0. The van der Waals surface area contributed by atoms with Crippen LogP contribution in [-0.4, -0.2) is 23.7 Å². The maximum absolute atomic E-state index is 9.74. The van der Waals surface area contributed by atoms with E-state index in [2.05, 4.69) is 27.4 Å². The fourth-order valence-electron chi connectivity index (χ4n) is 1.89. The molecule has 0 aliphatic carbocycles. The second-order valence-electron chi connectivity index (χ2n) is 4.34. The Bertz CT molecular complexity index is 482. The van der Waals surface area contributed by atoms with Crippen molar-refractivity contribution in [3.63, 3.8) is 0 Å². The van der Waals surface area contributed by atoms with E-state index in [9.17, 15) is 5.11 Å². The number of aliphatic hydroxyl groups is 1. The maximum atomic E-state index is 9.74. The molecule has 0 aliphatic rings. The predicted octanol–water partition coefficient (Wildman–Crippen LogP) is 2.88. The average Bonchev–Trinajstić information content (AvgIpc) is 2.89. The van der Waals surface area contributed by atoms with Crippen LogP contribution in [0.1, 0.15) is 23.5 Å². The first-order valence-electron chi connectivity index (χ1n) is 6.05. The third-order valence-corrected chi connectivity index (χ3v) is 3.84. The lowest BCUT2D eigenvalue weighted by Crippen LogP contribution is -2.23. The van der Waals surface area contributed by atoms with Gasteiger partial charge in [0, 0.05) is 30.2 Å². The number of hydrogen-bond donors (Lipinski definition) is 1. The molecule has 4 heteroatoms. The third-order valence-electron chi connectivity index (χ3n) is 2.90. The summed E-state index contributed by atoms with van der Waals surface area (Å²) in [6, 6.07) is 8.00. The minimum atomic E-state index is -0.488. The molecule has 2 aromatic rings. The normalized spacial score (nSPS) is 12.4. The van der Waals surface area contributed by atoms with Gasteiger partial charge in [0.15, 0.2) is 0 Å². The highest BCUT2D eigenvalue weighted by molar-refractivity contribution is 7.09. The molecule has 0 saturated carbocycles. The molecule has 2 heterocycles. The van der Waals surface area contributed by atoms with Gasteiger partial charge in [-0.2, -0.15) is 0 Å². The van der Waals surface area contributed by atoms with Crippen molar-refractivity contribution in [3.05, 3.63) is 46.3 Å². The lowest BCUT2D eigenvalue weighted by Gasteiger charge is -2.21. The van der Waals surface area contributed by atoms with Crippen molar-refractivity contribution in [2.24, 2.45) is 0 Å². The topological polar surface area (TPSA) is 36.4 Å². The number of likely N-dealkylation sites (N-methyl/N-ethyl adjacent to an activating group) is 1. The van der Waals surface area contributed by atoms with E-state index in [0.29, 0.717) is 0 Å². The highest BCUT2D eigenvalue weighted by atomic mass is 32.1. The van der Waals surface area contributed by atoms with Gasteiger partial charge in [0.2, 0.25) is 0 Å². The summed E-state index contributed by atoms with van der Waals surface area (Å²) in [7, 11) is 2.02. The van der Waals surface area contributed by atoms with Gasteiger partial charge in [-0.05, 0) is 30.9 Å². The molecule has 96 valence electrons. The highest BCUT2D eigenvalue weighted by Gasteiger charge is 2.12. The Morgan fingerprint density at radius 2 is 2.22 bits per heavy atom. The second-order valence-corrected chi connectivity index (χ2v) is 5.38. The molecule has 3 nitrogen and oxygen atoms in total. The Morgan fingerprint density at radius 3 is 2.89 bits per heavy atom. The molecule has 0 aliphatic heterocycles. The van der Waals surface area contributed by atoms with Crippen LogP contribution in [0.5, 0.6) is 0 Å². The zero-order valence-electron chi connectivity index (χ0n) is 10.7. The van der Waals surface area contributed by atoms with Gasteiger partial charge in [-0.3, -0.25) is 0 Å². The van der Waals surface area contributed by atoms with E-state index in [1.165, 1.54) is 4.88 Å². The molecule has 0 saturated heterocycles. The van der Waals surface area contributed by atoms with Crippen LogP contribution in [-0.2, 0) is 6.42 Å². The van der Waals surface area contributed by atoms with Crippen molar-refractivity contribution in [1.82, 2.24) is 4.98 Å². The summed E-state index contributed by atoms with van der Waals surface area (Å²) in [6.45, 7) is 2.67. The highest BCUT2D eigenvalue weighted by Crippen LogP contribution is 2.23. The van der Waals surface area contributed by atoms with Gasteiger partial charge in [0.05, 0.1) is 6.10 Å². The summed E-state index contributed by atoms with van der Waals surface area (Å²) >= 11 is 1.77. The number of anilines is 1. The van der Waals surface area contributed by atoms with E-state index in [-0.39, 0.29) is 0 Å². The Morgan fingerprint density at radius 1 is 1.39 bits per heavy atom. The van der Waals surface area contributed by atoms with Crippen LogP contribution in [0.15, 0.2) is 35.8 Å². The fourth-order valence-corrected chi connectivity index (χ4v) is 2.59. The standard InChI is InChI=1S/C14H18N2OS/c1-11(17)13-6-3-8-15-14(13)16(2)9-7-12-5-4-10-18-12/h3-6,8,10-11,17H,7,9H2,1-2H3. The van der Waals surface area contributed by atoms with E-state index < -0.39 is 6.10 Å². The molecule has 1 N–H and O–H groups in total. The fraction of sp³-hybridized carbons (Fsp3) is 0.357. The smallest absolute Gasteiger partial charge is 0.134 e. The molecule has 1 atom stereocenters. The Labute approximate surface area is 112 Å². The van der Waals surface area contributed by atoms with Gasteiger partial charge in [0.25, 0.3) is 0 Å². The van der Waals surface area contributed by atoms with Gasteiger partial charge in [-0.25, -0.2) is 4.98 Å². The molecule has 1 unspecified atom stereocenters. The summed E-state index contributed by atoms with van der Waals surface area (Å²) in [5.41, 5.74) is 0.881. The largest absolute Gasteiger partial charge is 0.389 e. The Hall–Kier alpha value is -1.39. The van der Waals surface area contributed by atoms with Crippen LogP contribution >= 0.6 is 11.3 Å². The lowest BCUT2D eigenvalue weighted by molar-refractivity contribution is 0.199. The van der Waals surface area contributed by atoms with Crippen LogP contribution in [0, 0.1) is 0 Å². The first-order chi connectivity index (χ1) is 8.68. The minimum Gasteiger partial charge on any atom is -0.389 e. The molecule has 0 fully saturated rings. The summed E-state index contributed by atoms with van der Waals surface area (Å²) < 4.78 is 0. The van der Waals surface area contributed by atoms with Crippen molar-refractivity contribution >= 4 is 17.2 Å². The van der Waals surface area contributed by atoms with E-state index in [0.717, 1.165) is 24.3 Å². The van der Waals surface area contributed by atoms with Gasteiger partial charge in [0.1, 0.15) is 5.82 Å². The molecule has 0 bridgehead atoms. The van der Waals surface area contributed by atoms with Crippen molar-refractivity contribution < 1.29 is 5.11 Å². The Balaban J connectivity index is 2.06. The van der Waals surface area contributed by atoms with E-state index in [4.69, 9.17) is 0 Å². The molecular formula is C14H18N2OS. The number of nitrogens with zero attached hydrogens (tertiary/aromatic N) is 2. The second kappa shape index (κ2) is 5.98. The van der Waals surface area contributed by atoms with E-state index in [1.807, 2.05) is 19.2 Å². The maximum Gasteiger partial charge on any atom is 0.134 e. The summed E-state index contributed by atoms with van der Waals surface area (Å²) in [5, 5.41) is 11.8. The van der Waals surface area contributed by atoms with Crippen molar-refractivity contribution in [2.45, 2.75) is 19.4 Å². The van der Waals surface area contributed by atoms with Gasteiger partial charge in [-0.15, -0.1) is 11.3 Å². The summed E-state index contributed by atoms with van der Waals surface area (Å²) in [6.07, 6.45) is 2.28. The van der Waals surface area contributed by atoms with Gasteiger partial charge in [-0.1, -0.05) is 12.1 Å². The number of hydrogen-bond acceptors (Lipinski definition) is 4. The lowest BCUT2D eigenvalue weighted by atomic mass is 10.1. The van der Waals surface area contributed by atoms with Crippen LogP contribution in [0.25, 0.3) is 0 Å². The molecule has 2 rings (SSSR count). The van der Waals surface area contributed by atoms with E-state index in [1.54, 1.807) is 24.5 Å². The van der Waals surface area contributed by atoms with Crippen molar-refractivity contribution in [1.29, 1.82) is 0 Å². The quantitative estimate of drug-likeness (QED) is 0.900. The SMILES string of the molecule is CC(O)c1cccnc1N(C)CCc1cccs1. The van der Waals surface area contributed by atoms with Gasteiger partial charge < -0.3 is 10.0 Å². The summed E-state index contributed by atoms with van der Waals surface area (Å²) in [4.78, 5) is 7.84. The number of thiophene rings is 1. The zero-order valence-corrected chi connectivity index (χ0v) is 11.5. The first kappa shape index (κ1) is 13.1. The molecule has 0 aromatic carbocycles. The molecule has 0 radical (unpaired) electrons. The van der Waals surface area contributed by atoms with Crippen molar-refractivity contribution in [3.8, 4) is 0 Å². The minimum absolute atomic E-state index is 0.488. The van der Waals surface area contributed by atoms with Crippen LogP contribution in [0.4, 0.5) is 5.82 Å². The number of rotatable bonds is 5. The molecule has 0 amide bonds.